The number of nitrogens with two attached hydrogens (primary N) is 1. The van der Waals surface area contributed by atoms with Crippen LogP contribution in [0.25, 0.3) is 0 Å². The molecule has 0 saturated carbocycles. The van der Waals surface area contributed by atoms with Gasteiger partial charge in [0.1, 0.15) is 6.07 Å². The van der Waals surface area contributed by atoms with Crippen molar-refractivity contribution in [2.45, 2.75) is 13.3 Å². The summed E-state index contributed by atoms with van der Waals surface area (Å²) in [6.45, 7) is 1.75. The van der Waals surface area contributed by atoms with Crippen molar-refractivity contribution in [1.29, 1.82) is 5.26 Å². The van der Waals surface area contributed by atoms with Gasteiger partial charge < -0.3 is 5.73 Å². The van der Waals surface area contributed by atoms with Crippen LogP contribution < -0.4 is 5.73 Å². The number of hydrogen-bond acceptors (Lipinski definition) is 4. The first-order valence-electron chi connectivity index (χ1n) is 5.37. The molecule has 2 aromatic rings. The SMILES string of the molecule is Cc1nc(N)nc(Cc2ccc(Cl)cc2)c1C#N. The Hall–Kier alpha value is -2.12. The third-order valence-electron chi connectivity index (χ3n) is 2.58. The van der Waals surface area contributed by atoms with Crippen molar-refractivity contribution in [3.63, 3.8) is 0 Å². The van der Waals surface area contributed by atoms with E-state index in [4.69, 9.17) is 22.6 Å². The Morgan fingerprint density at radius 3 is 2.56 bits per heavy atom. The molecule has 0 aliphatic rings. The van der Waals surface area contributed by atoms with Crippen LogP contribution in [-0.4, -0.2) is 9.97 Å². The molecule has 0 bridgehead atoms. The van der Waals surface area contributed by atoms with Crippen molar-refractivity contribution in [3.05, 3.63) is 51.8 Å². The number of nitriles is 1. The number of aromatic nitrogens is 2. The summed E-state index contributed by atoms with van der Waals surface area (Å²) in [5.74, 6) is 0.190. The second-order valence-corrected chi connectivity index (χ2v) is 4.34. The van der Waals surface area contributed by atoms with E-state index in [1.807, 2.05) is 12.1 Å². The molecule has 90 valence electrons. The maximum atomic E-state index is 9.12. The molecule has 2 rings (SSSR count). The lowest BCUT2D eigenvalue weighted by molar-refractivity contribution is 0.997. The van der Waals surface area contributed by atoms with Crippen LogP contribution in [0.3, 0.4) is 0 Å². The number of nitrogens with zero attached hydrogens (tertiary/aromatic N) is 3. The third kappa shape index (κ3) is 2.58. The highest BCUT2D eigenvalue weighted by atomic mass is 35.5. The zero-order valence-corrected chi connectivity index (χ0v) is 10.6. The number of anilines is 1. The predicted octanol–water partition coefficient (Wildman–Crippen LogP) is 2.48. The minimum atomic E-state index is 0.190. The topological polar surface area (TPSA) is 75.6 Å². The molecule has 0 atom stereocenters. The van der Waals surface area contributed by atoms with Gasteiger partial charge in [0.2, 0.25) is 5.95 Å². The molecule has 0 amide bonds. The Balaban J connectivity index is 2.40. The van der Waals surface area contributed by atoms with E-state index in [-0.39, 0.29) is 5.95 Å². The van der Waals surface area contributed by atoms with Gasteiger partial charge in [-0.2, -0.15) is 5.26 Å². The first-order chi connectivity index (χ1) is 8.60. The Labute approximate surface area is 110 Å². The van der Waals surface area contributed by atoms with Crippen LogP contribution in [0.5, 0.6) is 0 Å². The lowest BCUT2D eigenvalue weighted by Gasteiger charge is -2.06. The number of halogens is 1. The van der Waals surface area contributed by atoms with Crippen molar-refractivity contribution in [2.75, 3.05) is 5.73 Å². The Morgan fingerprint density at radius 2 is 1.94 bits per heavy atom. The van der Waals surface area contributed by atoms with Gasteiger partial charge in [0.15, 0.2) is 0 Å². The smallest absolute Gasteiger partial charge is 0.220 e. The number of benzene rings is 1. The summed E-state index contributed by atoms with van der Waals surface area (Å²) in [4.78, 5) is 8.12. The fourth-order valence-corrected chi connectivity index (χ4v) is 1.85. The molecule has 1 aromatic heterocycles. The summed E-state index contributed by atoms with van der Waals surface area (Å²) in [6, 6.07) is 9.53. The van der Waals surface area contributed by atoms with E-state index in [2.05, 4.69) is 16.0 Å². The van der Waals surface area contributed by atoms with Gasteiger partial charge in [-0.3, -0.25) is 0 Å². The molecule has 2 N–H and O–H groups in total. The van der Waals surface area contributed by atoms with Crippen LogP contribution in [0.2, 0.25) is 5.02 Å². The molecular weight excluding hydrogens is 248 g/mol. The molecule has 18 heavy (non-hydrogen) atoms. The van der Waals surface area contributed by atoms with Crippen LogP contribution in [0.15, 0.2) is 24.3 Å². The van der Waals surface area contributed by atoms with Crippen LogP contribution in [0.4, 0.5) is 5.95 Å². The first kappa shape index (κ1) is 12.3. The fraction of sp³-hybridized carbons (Fsp3) is 0.154. The average molecular weight is 259 g/mol. The molecule has 1 aromatic carbocycles. The Kier molecular flexibility index (Phi) is 3.45. The second kappa shape index (κ2) is 5.03. The van der Waals surface area contributed by atoms with Crippen LogP contribution in [-0.2, 0) is 6.42 Å². The second-order valence-electron chi connectivity index (χ2n) is 3.90. The minimum Gasteiger partial charge on any atom is -0.368 e. The highest BCUT2D eigenvalue weighted by molar-refractivity contribution is 6.30. The summed E-state index contributed by atoms with van der Waals surface area (Å²) in [5, 5.41) is 9.80. The van der Waals surface area contributed by atoms with Gasteiger partial charge in [-0.1, -0.05) is 23.7 Å². The van der Waals surface area contributed by atoms with Crippen LogP contribution in [0.1, 0.15) is 22.5 Å². The van der Waals surface area contributed by atoms with Crippen LogP contribution in [0, 0.1) is 18.3 Å². The van der Waals surface area contributed by atoms with Gasteiger partial charge in [-0.25, -0.2) is 9.97 Å². The van der Waals surface area contributed by atoms with Crippen molar-refractivity contribution in [1.82, 2.24) is 9.97 Å². The lowest BCUT2D eigenvalue weighted by Crippen LogP contribution is -2.06. The molecule has 0 unspecified atom stereocenters. The molecule has 0 aliphatic carbocycles. The maximum absolute atomic E-state index is 9.12. The highest BCUT2D eigenvalue weighted by Crippen LogP contribution is 2.17. The van der Waals surface area contributed by atoms with Gasteiger partial charge in [0.25, 0.3) is 0 Å². The van der Waals surface area contributed by atoms with Crippen molar-refractivity contribution in [3.8, 4) is 6.07 Å². The largest absolute Gasteiger partial charge is 0.368 e. The van der Waals surface area contributed by atoms with Gasteiger partial charge in [-0.15, -0.1) is 0 Å². The van der Waals surface area contributed by atoms with E-state index < -0.39 is 0 Å². The van der Waals surface area contributed by atoms with Crippen LogP contribution >= 0.6 is 11.6 Å². The lowest BCUT2D eigenvalue weighted by atomic mass is 10.1. The molecular formula is C13H11ClN4. The Morgan fingerprint density at radius 1 is 1.28 bits per heavy atom. The predicted molar refractivity (Wildman–Crippen MR) is 70.2 cm³/mol. The van der Waals surface area contributed by atoms with Crippen molar-refractivity contribution in [2.24, 2.45) is 0 Å². The van der Waals surface area contributed by atoms with E-state index in [1.54, 1.807) is 19.1 Å². The van der Waals surface area contributed by atoms with Gasteiger partial charge in [0, 0.05) is 11.4 Å². The normalized spacial score (nSPS) is 10.1. The van der Waals surface area contributed by atoms with Gasteiger partial charge in [-0.05, 0) is 24.6 Å². The molecule has 0 spiro atoms. The zero-order chi connectivity index (χ0) is 13.1. The minimum absolute atomic E-state index is 0.190. The van der Waals surface area contributed by atoms with E-state index in [1.165, 1.54) is 0 Å². The molecule has 0 aliphatic heterocycles. The third-order valence-corrected chi connectivity index (χ3v) is 2.83. The molecule has 5 heteroatoms. The van der Waals surface area contributed by atoms with E-state index in [9.17, 15) is 0 Å². The molecule has 4 nitrogen and oxygen atoms in total. The summed E-state index contributed by atoms with van der Waals surface area (Å²) in [7, 11) is 0. The molecule has 1 heterocycles. The molecule has 0 fully saturated rings. The van der Waals surface area contributed by atoms with Crippen molar-refractivity contribution < 1.29 is 0 Å². The quantitative estimate of drug-likeness (QED) is 0.898. The summed E-state index contributed by atoms with van der Waals surface area (Å²) in [5.41, 5.74) is 8.36. The summed E-state index contributed by atoms with van der Waals surface area (Å²) >= 11 is 5.83. The number of rotatable bonds is 2. The summed E-state index contributed by atoms with van der Waals surface area (Å²) < 4.78 is 0. The average Bonchev–Trinajstić information content (AvgIpc) is 2.32. The van der Waals surface area contributed by atoms with Gasteiger partial charge >= 0.3 is 0 Å². The summed E-state index contributed by atoms with van der Waals surface area (Å²) in [6.07, 6.45) is 0.535. The Bertz CT molecular complexity index is 614. The number of hydrogen-bond donors (Lipinski definition) is 1. The number of aryl methyl sites for hydroxylation is 1. The standard InChI is InChI=1S/C13H11ClN4/c1-8-11(7-15)12(18-13(16)17-8)6-9-2-4-10(14)5-3-9/h2-5H,6H2,1H3,(H2,16,17,18). The molecule has 0 saturated heterocycles. The van der Waals surface area contributed by atoms with E-state index in [0.29, 0.717) is 28.4 Å². The molecule has 0 radical (unpaired) electrons. The number of nitrogen functional groups attached to an aromatic ring is 1. The van der Waals surface area contributed by atoms with E-state index >= 15 is 0 Å². The maximum Gasteiger partial charge on any atom is 0.220 e. The zero-order valence-electron chi connectivity index (χ0n) is 9.81. The monoisotopic (exact) mass is 258 g/mol. The van der Waals surface area contributed by atoms with Crippen molar-refractivity contribution >= 4 is 17.5 Å². The first-order valence-corrected chi connectivity index (χ1v) is 5.75. The fourth-order valence-electron chi connectivity index (χ4n) is 1.72. The van der Waals surface area contributed by atoms with E-state index in [0.717, 1.165) is 5.56 Å². The van der Waals surface area contributed by atoms with Gasteiger partial charge in [0.05, 0.1) is 17.0 Å². The highest BCUT2D eigenvalue weighted by Gasteiger charge is 2.10.